The second-order valence-corrected chi connectivity index (χ2v) is 9.26. The number of carbonyl (C=O) groups is 1. The predicted octanol–water partition coefficient (Wildman–Crippen LogP) is 4.24. The van der Waals surface area contributed by atoms with E-state index in [0.29, 0.717) is 23.6 Å². The monoisotopic (exact) mass is 450 g/mol. The van der Waals surface area contributed by atoms with Crippen LogP contribution in [0.1, 0.15) is 49.8 Å². The number of nitrogens with one attached hydrogen (secondary N) is 1. The minimum Gasteiger partial charge on any atom is -0.375 e. The number of imidazole rings is 1. The van der Waals surface area contributed by atoms with E-state index in [1.54, 1.807) is 6.07 Å². The molecule has 2 aromatic carbocycles. The number of amides is 1. The number of rotatable bonds is 8. The third-order valence-corrected chi connectivity index (χ3v) is 7.30. The van der Waals surface area contributed by atoms with Gasteiger partial charge in [0.1, 0.15) is 12.1 Å². The molecule has 2 fully saturated rings. The Balaban J connectivity index is 1.27. The number of benzene rings is 2. The van der Waals surface area contributed by atoms with E-state index in [1.165, 1.54) is 26.0 Å². The van der Waals surface area contributed by atoms with E-state index in [4.69, 9.17) is 4.74 Å². The van der Waals surface area contributed by atoms with E-state index in [-0.39, 0.29) is 24.4 Å². The summed E-state index contributed by atoms with van der Waals surface area (Å²) >= 11 is 0. The highest BCUT2D eigenvalue weighted by Crippen LogP contribution is 2.42. The Labute approximate surface area is 193 Å². The Bertz CT molecular complexity index is 1090. The Hall–Kier alpha value is -2.77. The maximum Gasteiger partial charge on any atom is 0.246 e. The van der Waals surface area contributed by atoms with Crippen LogP contribution in [0.3, 0.4) is 0 Å². The quantitative estimate of drug-likeness (QED) is 0.558. The lowest BCUT2D eigenvalue weighted by molar-refractivity contribution is -0.125. The van der Waals surface area contributed by atoms with E-state index in [1.807, 2.05) is 30.6 Å². The lowest BCUT2D eigenvalue weighted by atomic mass is 9.95. The molecule has 2 saturated heterocycles. The largest absolute Gasteiger partial charge is 0.375 e. The van der Waals surface area contributed by atoms with Gasteiger partial charge in [0.15, 0.2) is 5.82 Å². The van der Waals surface area contributed by atoms with E-state index in [0.717, 1.165) is 36.9 Å². The van der Waals surface area contributed by atoms with Gasteiger partial charge in [-0.3, -0.25) is 9.69 Å². The fraction of sp³-hybridized carbons (Fsp3) is 0.462. The van der Waals surface area contributed by atoms with Crippen molar-refractivity contribution in [1.29, 1.82) is 0 Å². The number of para-hydroxylation sites is 1. The van der Waals surface area contributed by atoms with Crippen molar-refractivity contribution in [3.05, 3.63) is 66.2 Å². The van der Waals surface area contributed by atoms with Crippen LogP contribution in [0.4, 0.5) is 4.39 Å². The molecule has 3 heterocycles. The van der Waals surface area contributed by atoms with Crippen molar-refractivity contribution in [3.63, 3.8) is 0 Å². The first-order valence-corrected chi connectivity index (χ1v) is 11.8. The second-order valence-electron chi connectivity index (χ2n) is 9.26. The van der Waals surface area contributed by atoms with Gasteiger partial charge in [0.05, 0.1) is 17.9 Å². The highest BCUT2D eigenvalue weighted by molar-refractivity contribution is 5.77. The maximum absolute atomic E-state index is 14.1. The molecule has 2 bridgehead atoms. The van der Waals surface area contributed by atoms with Crippen molar-refractivity contribution in [1.82, 2.24) is 19.8 Å². The predicted molar refractivity (Wildman–Crippen MR) is 125 cm³/mol. The van der Waals surface area contributed by atoms with Crippen molar-refractivity contribution in [2.75, 3.05) is 20.3 Å². The van der Waals surface area contributed by atoms with Gasteiger partial charge < -0.3 is 14.6 Å². The van der Waals surface area contributed by atoms with Crippen molar-refractivity contribution < 1.29 is 13.9 Å². The summed E-state index contributed by atoms with van der Waals surface area (Å²) in [7, 11) is 1.54. The van der Waals surface area contributed by atoms with E-state index >= 15 is 0 Å². The molecule has 2 aliphatic rings. The van der Waals surface area contributed by atoms with Gasteiger partial charge >= 0.3 is 0 Å². The Morgan fingerprint density at radius 2 is 1.88 bits per heavy atom. The van der Waals surface area contributed by atoms with Crippen LogP contribution >= 0.6 is 0 Å². The zero-order valence-corrected chi connectivity index (χ0v) is 19.0. The Kier molecular flexibility index (Phi) is 6.42. The van der Waals surface area contributed by atoms with Crippen molar-refractivity contribution in [3.8, 4) is 0 Å². The van der Waals surface area contributed by atoms with Crippen LogP contribution in [0.5, 0.6) is 0 Å². The van der Waals surface area contributed by atoms with Crippen LogP contribution in [0.25, 0.3) is 11.0 Å². The summed E-state index contributed by atoms with van der Waals surface area (Å²) < 4.78 is 21.3. The van der Waals surface area contributed by atoms with E-state index in [9.17, 15) is 9.18 Å². The highest BCUT2D eigenvalue weighted by atomic mass is 19.1. The summed E-state index contributed by atoms with van der Waals surface area (Å²) in [6.07, 6.45) is 7.14. The lowest BCUT2D eigenvalue weighted by Crippen LogP contribution is -2.45. The SMILES string of the molecule is COCC(=O)N[C@@H](CCN1[C@@H]2CC[C@H]1CC(n1cnc3c(F)cccc31)C2)c1ccccc1. The number of nitrogens with zero attached hydrogens (tertiary/aromatic N) is 3. The number of methoxy groups -OCH3 is 1. The Morgan fingerprint density at radius 3 is 2.61 bits per heavy atom. The van der Waals surface area contributed by atoms with Crippen LogP contribution in [0, 0.1) is 5.82 Å². The smallest absolute Gasteiger partial charge is 0.246 e. The molecule has 33 heavy (non-hydrogen) atoms. The fourth-order valence-electron chi connectivity index (χ4n) is 5.80. The van der Waals surface area contributed by atoms with Gasteiger partial charge in [0.25, 0.3) is 0 Å². The molecule has 5 rings (SSSR count). The molecule has 3 aromatic rings. The maximum atomic E-state index is 14.1. The summed E-state index contributed by atoms with van der Waals surface area (Å²) in [4.78, 5) is 19.2. The molecule has 0 aliphatic carbocycles. The summed E-state index contributed by atoms with van der Waals surface area (Å²) in [5, 5.41) is 3.14. The molecule has 174 valence electrons. The number of carbonyl (C=O) groups excluding carboxylic acids is 1. The highest BCUT2D eigenvalue weighted by Gasteiger charge is 2.41. The minimum absolute atomic E-state index is 0.0356. The molecule has 1 aromatic heterocycles. The van der Waals surface area contributed by atoms with Crippen molar-refractivity contribution in [2.45, 2.75) is 56.3 Å². The zero-order chi connectivity index (χ0) is 22.8. The standard InChI is InChI=1S/C26H31FN4O2/c1-33-16-25(32)29-23(18-6-3-2-4-7-18)12-13-30-19-10-11-20(30)15-21(14-19)31-17-28-26-22(27)8-5-9-24(26)31/h2-9,17,19-21,23H,10-16H2,1H3,(H,29,32)/t19-,20+,21?,23-/m0/s1. The van der Waals surface area contributed by atoms with Gasteiger partial charge in [-0.2, -0.15) is 0 Å². The van der Waals surface area contributed by atoms with E-state index < -0.39 is 0 Å². The molecule has 0 spiro atoms. The lowest BCUT2D eigenvalue weighted by Gasteiger charge is -2.40. The van der Waals surface area contributed by atoms with Gasteiger partial charge in [-0.05, 0) is 49.8 Å². The van der Waals surface area contributed by atoms with E-state index in [2.05, 4.69) is 31.9 Å². The third kappa shape index (κ3) is 4.52. The molecular formula is C26H31FN4O2. The van der Waals surface area contributed by atoms with Crippen LogP contribution in [-0.2, 0) is 9.53 Å². The molecule has 7 heteroatoms. The number of halogens is 1. The van der Waals surface area contributed by atoms with Crippen molar-refractivity contribution in [2.24, 2.45) is 0 Å². The number of hydrogen-bond donors (Lipinski definition) is 1. The van der Waals surface area contributed by atoms with Gasteiger partial charge in [0, 0.05) is 31.8 Å². The average molecular weight is 451 g/mol. The van der Waals surface area contributed by atoms with Crippen LogP contribution in [-0.4, -0.2) is 52.7 Å². The zero-order valence-electron chi connectivity index (χ0n) is 19.0. The van der Waals surface area contributed by atoms with Crippen LogP contribution in [0.2, 0.25) is 0 Å². The molecular weight excluding hydrogens is 419 g/mol. The number of hydrogen-bond acceptors (Lipinski definition) is 4. The third-order valence-electron chi connectivity index (χ3n) is 7.30. The fourth-order valence-corrected chi connectivity index (χ4v) is 5.80. The summed E-state index contributed by atoms with van der Waals surface area (Å²) in [6.45, 7) is 1.01. The second kappa shape index (κ2) is 9.61. The average Bonchev–Trinajstić information content (AvgIpc) is 3.36. The van der Waals surface area contributed by atoms with Gasteiger partial charge in [-0.1, -0.05) is 36.4 Å². The number of fused-ring (bicyclic) bond motifs is 3. The topological polar surface area (TPSA) is 59.4 Å². The van der Waals surface area contributed by atoms with Gasteiger partial charge in [0.2, 0.25) is 5.91 Å². The normalized spacial score (nSPS) is 23.6. The summed E-state index contributed by atoms with van der Waals surface area (Å²) in [5.74, 6) is -0.346. The first kappa shape index (κ1) is 22.0. The number of piperidine rings is 1. The van der Waals surface area contributed by atoms with Crippen LogP contribution in [0.15, 0.2) is 54.9 Å². The minimum atomic E-state index is -0.255. The molecule has 0 saturated carbocycles. The summed E-state index contributed by atoms with van der Waals surface area (Å²) in [6, 6.07) is 16.7. The molecule has 0 radical (unpaired) electrons. The molecule has 1 amide bonds. The molecule has 1 N–H and O–H groups in total. The number of aromatic nitrogens is 2. The first-order valence-electron chi connectivity index (χ1n) is 11.8. The summed E-state index contributed by atoms with van der Waals surface area (Å²) in [5.41, 5.74) is 2.47. The number of ether oxygens (including phenoxy) is 1. The first-order chi connectivity index (χ1) is 16.1. The molecule has 6 nitrogen and oxygen atoms in total. The Morgan fingerprint density at radius 1 is 1.12 bits per heavy atom. The van der Waals surface area contributed by atoms with Gasteiger partial charge in [-0.25, -0.2) is 9.37 Å². The molecule has 1 unspecified atom stereocenters. The van der Waals surface area contributed by atoms with Crippen LogP contribution < -0.4 is 5.32 Å². The molecule has 2 aliphatic heterocycles. The molecule has 4 atom stereocenters. The van der Waals surface area contributed by atoms with Gasteiger partial charge in [-0.15, -0.1) is 0 Å². The van der Waals surface area contributed by atoms with Crippen molar-refractivity contribution >= 4 is 16.9 Å².